The van der Waals surface area contributed by atoms with Crippen LogP contribution in [-0.2, 0) is 6.42 Å². The van der Waals surface area contributed by atoms with Gasteiger partial charge in [-0.3, -0.25) is 0 Å². The first-order chi connectivity index (χ1) is 9.29. The zero-order valence-corrected chi connectivity index (χ0v) is 10.8. The van der Waals surface area contributed by atoms with Gasteiger partial charge in [-0.2, -0.15) is 4.98 Å². The first kappa shape index (κ1) is 11.6. The molecule has 96 valence electrons. The van der Waals surface area contributed by atoms with Crippen molar-refractivity contribution in [2.75, 3.05) is 5.32 Å². The van der Waals surface area contributed by atoms with Crippen LogP contribution in [-0.4, -0.2) is 15.1 Å². The smallest absolute Gasteiger partial charge is 0.263 e. The Morgan fingerprint density at radius 1 is 1.21 bits per heavy atom. The molecule has 5 nitrogen and oxygen atoms in total. The van der Waals surface area contributed by atoms with Gasteiger partial charge in [-0.25, -0.2) is 4.98 Å². The van der Waals surface area contributed by atoms with Crippen LogP contribution in [0.3, 0.4) is 0 Å². The molecule has 19 heavy (non-hydrogen) atoms. The Morgan fingerprint density at radius 3 is 2.84 bits per heavy atom. The summed E-state index contributed by atoms with van der Waals surface area (Å²) in [5.41, 5.74) is 3.56. The molecule has 0 spiro atoms. The molecule has 2 heterocycles. The van der Waals surface area contributed by atoms with E-state index in [2.05, 4.69) is 33.4 Å². The van der Waals surface area contributed by atoms with Crippen LogP contribution in [0.2, 0.25) is 0 Å². The lowest BCUT2D eigenvalue weighted by atomic mass is 10.2. The molecule has 0 aliphatic carbocycles. The average molecular weight is 254 g/mol. The molecule has 0 atom stereocenters. The number of nitrogens with zero attached hydrogens (tertiary/aromatic N) is 3. The van der Waals surface area contributed by atoms with Crippen molar-refractivity contribution in [1.82, 2.24) is 15.1 Å². The van der Waals surface area contributed by atoms with Gasteiger partial charge in [-0.1, -0.05) is 30.3 Å². The highest BCUT2D eigenvalue weighted by molar-refractivity contribution is 5.89. The number of nitrogens with one attached hydrogen (secondary N) is 1. The monoisotopic (exact) mass is 254 g/mol. The third-order valence-corrected chi connectivity index (χ3v) is 3.08. The largest absolute Gasteiger partial charge is 0.339 e. The standard InChI is InChI=1S/C14H14N4O/c1-3-10-12-13(15-8-16-14(12)19-18-10)17-11-7-5-4-6-9(11)2/h4-8H,3H2,1-2H3,(H,15,16,17). The Labute approximate surface area is 110 Å². The highest BCUT2D eigenvalue weighted by atomic mass is 16.5. The third kappa shape index (κ3) is 2.03. The lowest BCUT2D eigenvalue weighted by molar-refractivity contribution is 0.439. The molecular formula is C14H14N4O. The molecule has 1 N–H and O–H groups in total. The van der Waals surface area contributed by atoms with E-state index < -0.39 is 0 Å². The second kappa shape index (κ2) is 4.68. The molecule has 0 amide bonds. The van der Waals surface area contributed by atoms with E-state index in [-0.39, 0.29) is 0 Å². The van der Waals surface area contributed by atoms with E-state index >= 15 is 0 Å². The molecule has 0 saturated heterocycles. The number of hydrogen-bond donors (Lipinski definition) is 1. The van der Waals surface area contributed by atoms with Gasteiger partial charge in [-0.15, -0.1) is 0 Å². The first-order valence-electron chi connectivity index (χ1n) is 6.21. The van der Waals surface area contributed by atoms with E-state index in [1.807, 2.05) is 25.1 Å². The molecule has 0 radical (unpaired) electrons. The summed E-state index contributed by atoms with van der Waals surface area (Å²) < 4.78 is 5.21. The summed E-state index contributed by atoms with van der Waals surface area (Å²) in [6, 6.07) is 8.06. The lowest BCUT2D eigenvalue weighted by Gasteiger charge is -2.08. The number of fused-ring (bicyclic) bond motifs is 1. The van der Waals surface area contributed by atoms with E-state index in [1.54, 1.807) is 0 Å². The van der Waals surface area contributed by atoms with Crippen LogP contribution in [0.5, 0.6) is 0 Å². The number of aryl methyl sites for hydroxylation is 2. The van der Waals surface area contributed by atoms with Crippen LogP contribution in [0.4, 0.5) is 11.5 Å². The SMILES string of the molecule is CCc1noc2ncnc(Nc3ccccc3C)c12. The van der Waals surface area contributed by atoms with Crippen molar-refractivity contribution < 1.29 is 4.52 Å². The van der Waals surface area contributed by atoms with Crippen LogP contribution in [0.1, 0.15) is 18.2 Å². The van der Waals surface area contributed by atoms with Gasteiger partial charge >= 0.3 is 0 Å². The maximum absolute atomic E-state index is 5.21. The van der Waals surface area contributed by atoms with Crippen LogP contribution in [0, 0.1) is 6.92 Å². The first-order valence-corrected chi connectivity index (χ1v) is 6.21. The predicted molar refractivity (Wildman–Crippen MR) is 73.4 cm³/mol. The van der Waals surface area contributed by atoms with Crippen molar-refractivity contribution in [3.05, 3.63) is 41.9 Å². The van der Waals surface area contributed by atoms with Crippen molar-refractivity contribution >= 4 is 22.6 Å². The van der Waals surface area contributed by atoms with Crippen molar-refractivity contribution in [2.45, 2.75) is 20.3 Å². The van der Waals surface area contributed by atoms with Gasteiger partial charge in [0.25, 0.3) is 5.71 Å². The number of anilines is 2. The lowest BCUT2D eigenvalue weighted by Crippen LogP contribution is -1.97. The number of para-hydroxylation sites is 1. The van der Waals surface area contributed by atoms with E-state index in [9.17, 15) is 0 Å². The zero-order chi connectivity index (χ0) is 13.2. The van der Waals surface area contributed by atoms with Crippen LogP contribution < -0.4 is 5.32 Å². The van der Waals surface area contributed by atoms with E-state index in [0.717, 1.165) is 34.6 Å². The summed E-state index contributed by atoms with van der Waals surface area (Å²) >= 11 is 0. The van der Waals surface area contributed by atoms with Crippen LogP contribution >= 0.6 is 0 Å². The summed E-state index contributed by atoms with van der Waals surface area (Å²) in [7, 11) is 0. The molecule has 5 heteroatoms. The maximum Gasteiger partial charge on any atom is 0.263 e. The number of rotatable bonds is 3. The van der Waals surface area contributed by atoms with E-state index in [0.29, 0.717) is 5.71 Å². The Bertz CT molecular complexity index is 720. The minimum Gasteiger partial charge on any atom is -0.339 e. The second-order valence-corrected chi connectivity index (χ2v) is 4.33. The van der Waals surface area contributed by atoms with Gasteiger partial charge in [0.05, 0.1) is 5.69 Å². The molecule has 3 aromatic rings. The Kier molecular flexibility index (Phi) is 2.87. The molecule has 0 bridgehead atoms. The Balaban J connectivity index is 2.10. The number of aromatic nitrogens is 3. The van der Waals surface area contributed by atoms with Crippen molar-refractivity contribution in [3.63, 3.8) is 0 Å². The van der Waals surface area contributed by atoms with Gasteiger partial charge < -0.3 is 9.84 Å². The van der Waals surface area contributed by atoms with Crippen molar-refractivity contribution in [2.24, 2.45) is 0 Å². The predicted octanol–water partition coefficient (Wildman–Crippen LogP) is 3.23. The minimum absolute atomic E-state index is 0.517. The molecule has 3 rings (SSSR count). The summed E-state index contributed by atoms with van der Waals surface area (Å²) in [4.78, 5) is 8.40. The van der Waals surface area contributed by atoms with Gasteiger partial charge in [-0.05, 0) is 25.0 Å². The fourth-order valence-electron chi connectivity index (χ4n) is 2.02. The molecule has 1 aromatic carbocycles. The Hall–Kier alpha value is -2.43. The molecule has 0 aliphatic rings. The van der Waals surface area contributed by atoms with Gasteiger partial charge in [0.15, 0.2) is 0 Å². The van der Waals surface area contributed by atoms with Crippen molar-refractivity contribution in [3.8, 4) is 0 Å². The van der Waals surface area contributed by atoms with Crippen LogP contribution in [0.25, 0.3) is 11.1 Å². The van der Waals surface area contributed by atoms with Gasteiger partial charge in [0.1, 0.15) is 17.5 Å². The molecule has 0 unspecified atom stereocenters. The van der Waals surface area contributed by atoms with Gasteiger partial charge in [0, 0.05) is 5.69 Å². The summed E-state index contributed by atoms with van der Waals surface area (Å²) in [6.45, 7) is 4.08. The molecule has 0 fully saturated rings. The van der Waals surface area contributed by atoms with Crippen molar-refractivity contribution in [1.29, 1.82) is 0 Å². The number of hydrogen-bond acceptors (Lipinski definition) is 5. The number of benzene rings is 1. The summed E-state index contributed by atoms with van der Waals surface area (Å²) in [5.74, 6) is 0.734. The average Bonchev–Trinajstić information content (AvgIpc) is 2.85. The highest BCUT2D eigenvalue weighted by Crippen LogP contribution is 2.27. The minimum atomic E-state index is 0.517. The third-order valence-electron chi connectivity index (χ3n) is 3.08. The molecule has 0 saturated carbocycles. The molecular weight excluding hydrogens is 240 g/mol. The molecule has 0 aliphatic heterocycles. The fourth-order valence-corrected chi connectivity index (χ4v) is 2.02. The van der Waals surface area contributed by atoms with Crippen LogP contribution in [0.15, 0.2) is 35.1 Å². The maximum atomic E-state index is 5.21. The second-order valence-electron chi connectivity index (χ2n) is 4.33. The topological polar surface area (TPSA) is 63.8 Å². The van der Waals surface area contributed by atoms with Gasteiger partial charge in [0.2, 0.25) is 0 Å². The highest BCUT2D eigenvalue weighted by Gasteiger charge is 2.14. The normalized spacial score (nSPS) is 10.8. The molecule has 2 aromatic heterocycles. The van der Waals surface area contributed by atoms with E-state index in [1.165, 1.54) is 6.33 Å². The summed E-state index contributed by atoms with van der Waals surface area (Å²) in [5, 5.41) is 8.20. The fraction of sp³-hybridized carbons (Fsp3) is 0.214. The van der Waals surface area contributed by atoms with E-state index in [4.69, 9.17) is 4.52 Å². The quantitative estimate of drug-likeness (QED) is 0.777. The summed E-state index contributed by atoms with van der Waals surface area (Å²) in [6.07, 6.45) is 2.26. The Morgan fingerprint density at radius 2 is 2.05 bits per heavy atom. The zero-order valence-electron chi connectivity index (χ0n) is 10.8.